The molecule has 2 rings (SSSR count). The lowest BCUT2D eigenvalue weighted by atomic mass is 9.90. The van der Waals surface area contributed by atoms with Crippen molar-refractivity contribution in [3.05, 3.63) is 47.0 Å². The first-order valence-electron chi connectivity index (χ1n) is 13.0. The second-order valence-corrected chi connectivity index (χ2v) is 19.1. The van der Waals surface area contributed by atoms with Crippen molar-refractivity contribution in [3.63, 3.8) is 0 Å². The fraction of sp³-hybridized carbons (Fsp3) is 0.577. The summed E-state index contributed by atoms with van der Waals surface area (Å²) in [6.07, 6.45) is -1.00. The van der Waals surface area contributed by atoms with Crippen LogP contribution in [0.4, 0.5) is 15.3 Å². The molecule has 1 aliphatic heterocycles. The van der Waals surface area contributed by atoms with Crippen LogP contribution in [0.5, 0.6) is 0 Å². The van der Waals surface area contributed by atoms with Gasteiger partial charge < -0.3 is 19.4 Å². The fourth-order valence-electron chi connectivity index (χ4n) is 4.14. The highest BCUT2D eigenvalue weighted by Crippen LogP contribution is 2.44. The summed E-state index contributed by atoms with van der Waals surface area (Å²) < 4.78 is 40.1. The summed E-state index contributed by atoms with van der Waals surface area (Å²) in [6, 6.07) is 2.10. The van der Waals surface area contributed by atoms with Crippen molar-refractivity contribution < 1.29 is 37.2 Å². The van der Waals surface area contributed by atoms with Crippen LogP contribution in [0.25, 0.3) is 0 Å². The number of non-ortho nitro benzene ring substituents is 1. The van der Waals surface area contributed by atoms with Gasteiger partial charge in [-0.2, -0.15) is 0 Å². The minimum absolute atomic E-state index is 0.185. The van der Waals surface area contributed by atoms with E-state index in [1.165, 1.54) is 0 Å². The standard InChI is InChI=1S/C26H40N4O9SSi/c1-10-11-12-19(38-24(33)28-40(36,37)18-15-13-17(14-16-18)30(34)35)21-20(27-23(32)39-25(2,3)4)22(31)29(21)41(8,9)26(5,6)7/h10,13-16,19-21H,1,11-12H2,2-9H3,(H,27,32)(H,28,33)/t19-,20+,21-/m0/s1. The van der Waals surface area contributed by atoms with Crippen LogP contribution < -0.4 is 10.0 Å². The van der Waals surface area contributed by atoms with E-state index in [-0.39, 0.29) is 27.9 Å². The molecule has 0 saturated carbocycles. The number of sulfonamides is 1. The fourth-order valence-corrected chi connectivity index (χ4v) is 7.49. The number of nitrogens with zero attached hydrogens (tertiary/aromatic N) is 2. The summed E-state index contributed by atoms with van der Waals surface area (Å²) in [5, 5.41) is 13.2. The molecule has 0 spiro atoms. The Morgan fingerprint density at radius 1 is 1.15 bits per heavy atom. The van der Waals surface area contributed by atoms with Crippen molar-refractivity contribution >= 4 is 42.0 Å². The van der Waals surface area contributed by atoms with Crippen LogP contribution in [0.1, 0.15) is 54.4 Å². The number of nitrogens with one attached hydrogen (secondary N) is 2. The number of hydrogen-bond acceptors (Lipinski definition) is 9. The van der Waals surface area contributed by atoms with Crippen LogP contribution in [-0.4, -0.2) is 68.0 Å². The Kier molecular flexibility index (Phi) is 10.0. The molecule has 3 atom stereocenters. The summed E-state index contributed by atoms with van der Waals surface area (Å²) in [4.78, 5) is 48.9. The van der Waals surface area contributed by atoms with Gasteiger partial charge in [-0.1, -0.05) is 39.9 Å². The zero-order chi connectivity index (χ0) is 31.6. The third-order valence-electron chi connectivity index (χ3n) is 7.12. The van der Waals surface area contributed by atoms with E-state index in [9.17, 15) is 32.9 Å². The first kappa shape index (κ1) is 33.7. The van der Waals surface area contributed by atoms with Crippen LogP contribution in [0.2, 0.25) is 18.1 Å². The average Bonchev–Trinajstić information content (AvgIpc) is 2.81. The average molecular weight is 613 g/mol. The molecule has 1 aliphatic rings. The molecule has 3 amide bonds. The molecule has 1 aromatic rings. The Hall–Kier alpha value is -3.46. The van der Waals surface area contributed by atoms with E-state index >= 15 is 0 Å². The zero-order valence-corrected chi connectivity index (χ0v) is 26.5. The van der Waals surface area contributed by atoms with Crippen LogP contribution in [0.3, 0.4) is 0 Å². The molecule has 0 unspecified atom stereocenters. The maximum absolute atomic E-state index is 13.5. The molecule has 13 nitrogen and oxygen atoms in total. The van der Waals surface area contributed by atoms with E-state index in [1.54, 1.807) is 31.4 Å². The molecule has 41 heavy (non-hydrogen) atoms. The first-order chi connectivity index (χ1) is 18.6. The number of amides is 3. The number of benzene rings is 1. The number of alkyl carbamates (subject to hydrolysis) is 1. The van der Waals surface area contributed by atoms with Gasteiger partial charge in [-0.25, -0.2) is 22.7 Å². The van der Waals surface area contributed by atoms with Crippen LogP contribution in [-0.2, 0) is 24.3 Å². The third-order valence-corrected chi connectivity index (χ3v) is 13.8. The molecule has 0 radical (unpaired) electrons. The number of β-lactam (4-membered cyclic amide) rings is 1. The van der Waals surface area contributed by atoms with E-state index < -0.39 is 59.2 Å². The monoisotopic (exact) mass is 612 g/mol. The zero-order valence-electron chi connectivity index (χ0n) is 24.7. The molecule has 15 heteroatoms. The third kappa shape index (κ3) is 8.06. The van der Waals surface area contributed by atoms with Gasteiger partial charge in [0.15, 0.2) is 8.24 Å². The molecule has 228 valence electrons. The quantitative estimate of drug-likeness (QED) is 0.127. The molecular weight excluding hydrogens is 572 g/mol. The van der Waals surface area contributed by atoms with Gasteiger partial charge in [0.2, 0.25) is 5.91 Å². The molecule has 0 aliphatic carbocycles. The van der Waals surface area contributed by atoms with Crippen LogP contribution in [0.15, 0.2) is 41.8 Å². The summed E-state index contributed by atoms with van der Waals surface area (Å²) in [5.74, 6) is -0.349. The Morgan fingerprint density at radius 3 is 2.17 bits per heavy atom. The first-order valence-corrected chi connectivity index (χ1v) is 17.5. The van der Waals surface area contributed by atoms with E-state index in [2.05, 4.69) is 11.9 Å². The van der Waals surface area contributed by atoms with Crippen LogP contribution >= 0.6 is 0 Å². The number of nitro groups is 1. The number of carbonyl (C=O) groups excluding carboxylic acids is 3. The summed E-state index contributed by atoms with van der Waals surface area (Å²) in [7, 11) is -7.01. The topological polar surface area (TPSA) is 174 Å². The predicted octanol–water partition coefficient (Wildman–Crippen LogP) is 4.45. The van der Waals surface area contributed by atoms with Gasteiger partial charge in [0.25, 0.3) is 15.7 Å². The number of hydrogen-bond donors (Lipinski definition) is 2. The van der Waals surface area contributed by atoms with Crippen molar-refractivity contribution in [2.24, 2.45) is 0 Å². The Labute approximate surface area is 241 Å². The largest absolute Gasteiger partial charge is 0.444 e. The normalized spacial score (nSPS) is 18.5. The molecule has 1 saturated heterocycles. The summed E-state index contributed by atoms with van der Waals surface area (Å²) in [6.45, 7) is 18.7. The van der Waals surface area contributed by atoms with Gasteiger partial charge >= 0.3 is 12.2 Å². The predicted molar refractivity (Wildman–Crippen MR) is 154 cm³/mol. The van der Waals surface area contributed by atoms with Gasteiger partial charge in [-0.05, 0) is 50.8 Å². The molecule has 0 aromatic heterocycles. The van der Waals surface area contributed by atoms with E-state index in [4.69, 9.17) is 9.47 Å². The highest BCUT2D eigenvalue weighted by atomic mass is 32.2. The van der Waals surface area contributed by atoms with Gasteiger partial charge in [0, 0.05) is 12.1 Å². The summed E-state index contributed by atoms with van der Waals surface area (Å²) in [5.41, 5.74) is -1.14. The van der Waals surface area contributed by atoms with Crippen molar-refractivity contribution in [2.75, 3.05) is 0 Å². The summed E-state index contributed by atoms with van der Waals surface area (Å²) >= 11 is 0. The Morgan fingerprint density at radius 2 is 1.71 bits per heavy atom. The van der Waals surface area contributed by atoms with Crippen molar-refractivity contribution in [2.45, 2.75) is 101 Å². The van der Waals surface area contributed by atoms with E-state index in [1.807, 2.05) is 38.6 Å². The number of rotatable bonds is 10. The maximum atomic E-state index is 13.5. The molecule has 1 heterocycles. The van der Waals surface area contributed by atoms with Crippen molar-refractivity contribution in [3.8, 4) is 0 Å². The van der Waals surface area contributed by atoms with E-state index in [0.717, 1.165) is 24.3 Å². The Balaban J connectivity index is 2.40. The number of ether oxygens (including phenoxy) is 2. The maximum Gasteiger partial charge on any atom is 0.421 e. The number of allylic oxidation sites excluding steroid dienone is 1. The lowest BCUT2D eigenvalue weighted by molar-refractivity contribution is -0.384. The highest BCUT2D eigenvalue weighted by Gasteiger charge is 2.61. The second-order valence-electron chi connectivity index (χ2n) is 12.3. The molecule has 0 bridgehead atoms. The van der Waals surface area contributed by atoms with Gasteiger partial charge in [-0.3, -0.25) is 14.9 Å². The smallest absolute Gasteiger partial charge is 0.421 e. The lowest BCUT2D eigenvalue weighted by Crippen LogP contribution is -2.81. The molecule has 2 N–H and O–H groups in total. The minimum Gasteiger partial charge on any atom is -0.444 e. The van der Waals surface area contributed by atoms with E-state index in [0.29, 0.717) is 6.42 Å². The Bertz CT molecular complexity index is 1290. The number of carbonyl (C=O) groups is 3. The SMILES string of the molecule is C=CCC[C@H](OC(=O)NS(=O)(=O)c1ccc([N+](=O)[O-])cc1)[C@H]1[C@@H](NC(=O)OC(C)(C)C)C(=O)N1[Si](C)(C)C(C)(C)C. The van der Waals surface area contributed by atoms with Gasteiger partial charge in [0.05, 0.1) is 15.9 Å². The number of nitro benzene ring substituents is 1. The van der Waals surface area contributed by atoms with Crippen LogP contribution in [0, 0.1) is 10.1 Å². The molecular formula is C26H40N4O9SSi. The lowest BCUT2D eigenvalue weighted by Gasteiger charge is -2.59. The molecule has 1 fully saturated rings. The molecule has 1 aromatic carbocycles. The van der Waals surface area contributed by atoms with Crippen molar-refractivity contribution in [1.29, 1.82) is 0 Å². The highest BCUT2D eigenvalue weighted by molar-refractivity contribution is 7.90. The second kappa shape index (κ2) is 12.2. The van der Waals surface area contributed by atoms with Gasteiger partial charge in [0.1, 0.15) is 17.7 Å². The minimum atomic E-state index is -4.44. The van der Waals surface area contributed by atoms with Crippen molar-refractivity contribution in [1.82, 2.24) is 14.6 Å². The van der Waals surface area contributed by atoms with Gasteiger partial charge in [-0.15, -0.1) is 6.58 Å².